The molecule has 28 heavy (non-hydrogen) atoms. The highest BCUT2D eigenvalue weighted by atomic mass is 16.5. The molecule has 0 aliphatic heterocycles. The minimum atomic E-state index is -0.340. The summed E-state index contributed by atoms with van der Waals surface area (Å²) >= 11 is 0. The molecular formula is C21H24N4O3. The van der Waals surface area contributed by atoms with E-state index >= 15 is 0 Å². The molecule has 3 aromatic rings. The molecule has 3 rings (SSSR count). The first-order valence-corrected chi connectivity index (χ1v) is 9.21. The smallest absolute Gasteiger partial charge is 0.229 e. The van der Waals surface area contributed by atoms with Gasteiger partial charge in [0.1, 0.15) is 5.75 Å². The van der Waals surface area contributed by atoms with E-state index in [-0.39, 0.29) is 11.9 Å². The first-order valence-electron chi connectivity index (χ1n) is 9.21. The normalized spacial score (nSPS) is 11.8. The molecule has 0 spiro atoms. The molecule has 0 radical (unpaired) electrons. The molecule has 0 aliphatic carbocycles. The first kappa shape index (κ1) is 19.6. The van der Waals surface area contributed by atoms with Crippen LogP contribution in [0.25, 0.3) is 11.4 Å². The van der Waals surface area contributed by atoms with E-state index in [1.807, 2.05) is 55.5 Å². The average Bonchev–Trinajstić information content (AvgIpc) is 3.16. The second-order valence-corrected chi connectivity index (χ2v) is 6.34. The van der Waals surface area contributed by atoms with Gasteiger partial charge in [0, 0.05) is 24.6 Å². The molecule has 3 N–H and O–H groups in total. The highest BCUT2D eigenvalue weighted by Crippen LogP contribution is 2.28. The van der Waals surface area contributed by atoms with Gasteiger partial charge in [0.15, 0.2) is 0 Å². The minimum absolute atomic E-state index is 0.145. The Labute approximate surface area is 163 Å². The fraction of sp³-hybridized carbons (Fsp3) is 0.286. The summed E-state index contributed by atoms with van der Waals surface area (Å²) in [6.45, 7) is 4.42. The molecule has 2 aromatic carbocycles. The highest BCUT2D eigenvalue weighted by molar-refractivity contribution is 5.73. The molecule has 0 bridgehead atoms. The lowest BCUT2D eigenvalue weighted by atomic mass is 10.0. The van der Waals surface area contributed by atoms with Crippen LogP contribution in [0.1, 0.15) is 36.9 Å². The first-order chi connectivity index (χ1) is 13.6. The van der Waals surface area contributed by atoms with Crippen molar-refractivity contribution in [2.24, 2.45) is 5.73 Å². The van der Waals surface area contributed by atoms with Crippen molar-refractivity contribution in [2.45, 2.75) is 32.9 Å². The zero-order valence-electron chi connectivity index (χ0n) is 16.0. The number of benzene rings is 2. The lowest BCUT2D eigenvalue weighted by Crippen LogP contribution is -2.28. The van der Waals surface area contributed by atoms with Gasteiger partial charge in [-0.25, -0.2) is 0 Å². The summed E-state index contributed by atoms with van der Waals surface area (Å²) in [7, 11) is 0. The topological polar surface area (TPSA) is 103 Å². The van der Waals surface area contributed by atoms with Crippen molar-refractivity contribution in [1.82, 2.24) is 15.5 Å². The molecule has 0 aliphatic rings. The van der Waals surface area contributed by atoms with Gasteiger partial charge in [-0.3, -0.25) is 4.79 Å². The third-order valence-corrected chi connectivity index (χ3v) is 4.27. The van der Waals surface area contributed by atoms with Crippen LogP contribution in [0.3, 0.4) is 0 Å². The Morgan fingerprint density at radius 1 is 1.21 bits per heavy atom. The maximum absolute atomic E-state index is 11.7. The molecule has 1 amide bonds. The van der Waals surface area contributed by atoms with Crippen LogP contribution >= 0.6 is 0 Å². The average molecular weight is 380 g/mol. The van der Waals surface area contributed by atoms with Crippen molar-refractivity contribution in [3.8, 4) is 17.1 Å². The maximum Gasteiger partial charge on any atom is 0.229 e. The predicted octanol–water partition coefficient (Wildman–Crippen LogP) is 3.01. The number of nitrogens with two attached hydrogens (primary N) is 1. The predicted molar refractivity (Wildman–Crippen MR) is 105 cm³/mol. The van der Waals surface area contributed by atoms with Crippen molar-refractivity contribution < 1.29 is 14.1 Å². The molecule has 0 saturated carbocycles. The van der Waals surface area contributed by atoms with E-state index in [1.165, 1.54) is 6.92 Å². The number of hydrogen-bond donors (Lipinski definition) is 2. The number of para-hydroxylation sites is 1. The van der Waals surface area contributed by atoms with Crippen LogP contribution in [0, 0.1) is 0 Å². The Hall–Kier alpha value is -3.19. The van der Waals surface area contributed by atoms with Gasteiger partial charge in [0.2, 0.25) is 17.6 Å². The van der Waals surface area contributed by atoms with Crippen molar-refractivity contribution in [3.63, 3.8) is 0 Å². The summed E-state index contributed by atoms with van der Waals surface area (Å²) in [6.07, 6.45) is 0.359. The van der Waals surface area contributed by atoms with Crippen molar-refractivity contribution in [1.29, 1.82) is 0 Å². The summed E-state index contributed by atoms with van der Waals surface area (Å²) in [5.74, 6) is 1.51. The van der Waals surface area contributed by atoms with E-state index in [4.69, 9.17) is 15.0 Å². The molecule has 1 atom stereocenters. The molecule has 0 fully saturated rings. The van der Waals surface area contributed by atoms with Gasteiger partial charge in [-0.1, -0.05) is 47.6 Å². The fourth-order valence-corrected chi connectivity index (χ4v) is 2.96. The van der Waals surface area contributed by atoms with Gasteiger partial charge in [0.05, 0.1) is 19.1 Å². The number of rotatable bonds is 8. The van der Waals surface area contributed by atoms with E-state index in [0.29, 0.717) is 31.3 Å². The zero-order chi connectivity index (χ0) is 19.9. The molecule has 7 heteroatoms. The van der Waals surface area contributed by atoms with Gasteiger partial charge in [0.25, 0.3) is 0 Å². The fourth-order valence-electron chi connectivity index (χ4n) is 2.96. The molecule has 7 nitrogen and oxygen atoms in total. The SMILES string of the molecule is CCOc1ccccc1C(Cc1nc(-c2ccc(CN)cc2)no1)NC(C)=O. The quantitative estimate of drug-likeness (QED) is 0.623. The monoisotopic (exact) mass is 380 g/mol. The Kier molecular flexibility index (Phi) is 6.39. The lowest BCUT2D eigenvalue weighted by Gasteiger charge is -2.19. The Morgan fingerprint density at radius 2 is 1.96 bits per heavy atom. The van der Waals surface area contributed by atoms with Gasteiger partial charge in [-0.2, -0.15) is 4.98 Å². The van der Waals surface area contributed by atoms with E-state index in [1.54, 1.807) is 0 Å². The van der Waals surface area contributed by atoms with Crippen LogP contribution < -0.4 is 15.8 Å². The summed E-state index contributed by atoms with van der Waals surface area (Å²) in [4.78, 5) is 16.2. The van der Waals surface area contributed by atoms with Crippen LogP contribution in [0.2, 0.25) is 0 Å². The van der Waals surface area contributed by atoms with E-state index in [0.717, 1.165) is 22.4 Å². The molecular weight excluding hydrogens is 356 g/mol. The Bertz CT molecular complexity index is 921. The van der Waals surface area contributed by atoms with E-state index in [9.17, 15) is 4.79 Å². The van der Waals surface area contributed by atoms with Gasteiger partial charge >= 0.3 is 0 Å². The minimum Gasteiger partial charge on any atom is -0.494 e. The molecule has 146 valence electrons. The van der Waals surface area contributed by atoms with Gasteiger partial charge < -0.3 is 20.3 Å². The molecule has 1 heterocycles. The number of nitrogens with zero attached hydrogens (tertiary/aromatic N) is 2. The van der Waals surface area contributed by atoms with Crippen LogP contribution in [-0.4, -0.2) is 22.7 Å². The van der Waals surface area contributed by atoms with Crippen LogP contribution in [0.15, 0.2) is 53.1 Å². The standard InChI is InChI=1S/C21H24N4O3/c1-3-27-19-7-5-4-6-17(19)18(23-14(2)26)12-20-24-21(25-28-20)16-10-8-15(13-22)9-11-16/h4-11,18H,3,12-13,22H2,1-2H3,(H,23,26). The van der Waals surface area contributed by atoms with Gasteiger partial charge in [-0.15, -0.1) is 0 Å². The molecule has 1 aromatic heterocycles. The van der Waals surface area contributed by atoms with Crippen LogP contribution in [-0.2, 0) is 17.8 Å². The van der Waals surface area contributed by atoms with Crippen molar-refractivity contribution in [3.05, 3.63) is 65.5 Å². The maximum atomic E-state index is 11.7. The number of hydrogen-bond acceptors (Lipinski definition) is 6. The number of carbonyl (C=O) groups excluding carboxylic acids is 1. The number of nitrogens with one attached hydrogen (secondary N) is 1. The molecule has 1 unspecified atom stereocenters. The van der Waals surface area contributed by atoms with E-state index in [2.05, 4.69) is 15.5 Å². The number of amides is 1. The number of carbonyl (C=O) groups is 1. The largest absolute Gasteiger partial charge is 0.494 e. The van der Waals surface area contributed by atoms with Crippen molar-refractivity contribution in [2.75, 3.05) is 6.61 Å². The second kappa shape index (κ2) is 9.14. The second-order valence-electron chi connectivity index (χ2n) is 6.34. The van der Waals surface area contributed by atoms with E-state index < -0.39 is 0 Å². The zero-order valence-corrected chi connectivity index (χ0v) is 16.0. The highest BCUT2D eigenvalue weighted by Gasteiger charge is 2.21. The summed E-state index contributed by atoms with van der Waals surface area (Å²) in [6, 6.07) is 15.0. The number of aromatic nitrogens is 2. The lowest BCUT2D eigenvalue weighted by molar-refractivity contribution is -0.119. The van der Waals surface area contributed by atoms with Crippen LogP contribution in [0.5, 0.6) is 5.75 Å². The molecule has 0 saturated heterocycles. The summed E-state index contributed by atoms with van der Waals surface area (Å²) in [5, 5.41) is 7.01. The number of ether oxygens (including phenoxy) is 1. The third-order valence-electron chi connectivity index (χ3n) is 4.27. The third kappa shape index (κ3) is 4.75. The van der Waals surface area contributed by atoms with Gasteiger partial charge in [-0.05, 0) is 18.6 Å². The van der Waals surface area contributed by atoms with Crippen molar-refractivity contribution >= 4 is 5.91 Å². The Morgan fingerprint density at radius 3 is 2.64 bits per heavy atom. The van der Waals surface area contributed by atoms with Crippen LogP contribution in [0.4, 0.5) is 0 Å². The Balaban J connectivity index is 1.84. The summed E-state index contributed by atoms with van der Waals surface area (Å²) < 4.78 is 11.1. The summed E-state index contributed by atoms with van der Waals surface area (Å²) in [5.41, 5.74) is 8.38.